The third-order valence-electron chi connectivity index (χ3n) is 9.44. The Hall–Kier alpha value is -5.76. The van der Waals surface area contributed by atoms with Crippen LogP contribution in [-0.4, -0.2) is 43.7 Å². The Morgan fingerprint density at radius 1 is 0.471 bits per heavy atom. The van der Waals surface area contributed by atoms with Gasteiger partial charge in [-0.05, 0) is 74.2 Å². The Labute approximate surface area is 300 Å². The van der Waals surface area contributed by atoms with Crippen LogP contribution in [0.5, 0.6) is 0 Å². The van der Waals surface area contributed by atoms with Crippen LogP contribution < -0.4 is 5.46 Å². The normalized spacial score (nSPS) is 11.7. The zero-order valence-corrected chi connectivity index (χ0v) is 29.3. The van der Waals surface area contributed by atoms with Gasteiger partial charge in [0.25, 0.3) is 0 Å². The largest absolute Gasteiger partial charge is 0.427 e. The van der Waals surface area contributed by atoms with E-state index in [-0.39, 0.29) is 0 Å². The monoisotopic (exact) mass is 666 g/mol. The first-order valence-corrected chi connectivity index (χ1v) is 17.1. The zero-order chi connectivity index (χ0) is 35.4. The topological polar surface area (TPSA) is 81.0 Å². The third-order valence-corrected chi connectivity index (χ3v) is 9.44. The summed E-state index contributed by atoms with van der Waals surface area (Å²) in [4.78, 5) is 19.8. The number of pyridine rings is 1. The Morgan fingerprint density at radius 2 is 0.922 bits per heavy atom. The van der Waals surface area contributed by atoms with Crippen molar-refractivity contribution >= 4 is 12.9 Å². The first-order chi connectivity index (χ1) is 24.6. The highest BCUT2D eigenvalue weighted by atomic mass is 16.5. The van der Waals surface area contributed by atoms with Gasteiger partial charge in [-0.2, -0.15) is 0 Å². The van der Waals surface area contributed by atoms with E-state index in [9.17, 15) is 5.11 Å². The minimum atomic E-state index is -0.961. The minimum Gasteiger partial charge on any atom is -0.427 e. The van der Waals surface area contributed by atoms with Gasteiger partial charge in [0.15, 0.2) is 17.5 Å². The fourth-order valence-corrected chi connectivity index (χ4v) is 5.61. The van der Waals surface area contributed by atoms with Crippen LogP contribution in [0.2, 0.25) is 0 Å². The molecule has 7 rings (SSSR count). The second-order valence-electron chi connectivity index (χ2n) is 13.7. The summed E-state index contributed by atoms with van der Waals surface area (Å²) < 4.78 is 6.05. The molecule has 0 unspecified atom stereocenters. The van der Waals surface area contributed by atoms with Crippen LogP contribution in [0.15, 0.2) is 152 Å². The van der Waals surface area contributed by atoms with Crippen molar-refractivity contribution in [3.63, 3.8) is 0 Å². The highest BCUT2D eigenvalue weighted by Crippen LogP contribution is 2.30. The molecule has 7 heteroatoms. The molecule has 0 radical (unpaired) electrons. The Morgan fingerprint density at radius 3 is 1.39 bits per heavy atom. The highest BCUT2D eigenvalue weighted by Gasteiger charge is 2.35. The maximum atomic E-state index is 10.4. The lowest BCUT2D eigenvalue weighted by atomic mass is 9.82. The molecule has 1 N–H and O–H groups in total. The quantitative estimate of drug-likeness (QED) is 0.147. The van der Waals surface area contributed by atoms with E-state index in [0.717, 1.165) is 55.7 Å². The molecule has 0 aliphatic rings. The first-order valence-electron chi connectivity index (χ1n) is 17.1. The number of aliphatic hydroxyl groups is 1. The van der Waals surface area contributed by atoms with E-state index in [2.05, 4.69) is 48.5 Å². The molecule has 2 aromatic heterocycles. The van der Waals surface area contributed by atoms with Crippen molar-refractivity contribution in [2.75, 3.05) is 0 Å². The van der Waals surface area contributed by atoms with Crippen LogP contribution in [0.25, 0.3) is 67.7 Å². The summed E-state index contributed by atoms with van der Waals surface area (Å²) in [6, 6.07) is 49.4. The Kier molecular flexibility index (Phi) is 9.41. The minimum absolute atomic E-state index is 0.399. The number of hydrogen-bond donors (Lipinski definition) is 1. The molecule has 51 heavy (non-hydrogen) atoms. The van der Waals surface area contributed by atoms with Crippen molar-refractivity contribution in [1.29, 1.82) is 0 Å². The summed E-state index contributed by atoms with van der Waals surface area (Å²) in [7, 11) is 0.399. The predicted octanol–water partition coefficient (Wildman–Crippen LogP) is 8.81. The second-order valence-corrected chi connectivity index (χ2v) is 13.7. The first kappa shape index (κ1) is 33.7. The third kappa shape index (κ3) is 7.70. The van der Waals surface area contributed by atoms with E-state index >= 15 is 0 Å². The van der Waals surface area contributed by atoms with Gasteiger partial charge in [-0.1, -0.05) is 127 Å². The van der Waals surface area contributed by atoms with Gasteiger partial charge < -0.3 is 9.76 Å². The van der Waals surface area contributed by atoms with E-state index in [1.54, 1.807) is 13.8 Å². The molecule has 0 saturated heterocycles. The molecule has 0 bridgehead atoms. The smallest absolute Gasteiger partial charge is 0.309 e. The average Bonchev–Trinajstić information content (AvgIpc) is 3.17. The summed E-state index contributed by atoms with van der Waals surface area (Å²) in [6.45, 7) is 7.32. The van der Waals surface area contributed by atoms with Gasteiger partial charge in [-0.15, -0.1) is 0 Å². The molecule has 0 amide bonds. The van der Waals surface area contributed by atoms with Crippen LogP contribution in [0.4, 0.5) is 0 Å². The number of hydrogen-bond acceptors (Lipinski definition) is 6. The van der Waals surface area contributed by atoms with Crippen molar-refractivity contribution in [2.45, 2.75) is 38.9 Å². The van der Waals surface area contributed by atoms with Gasteiger partial charge in [0.1, 0.15) is 0 Å². The number of aromatic nitrogens is 4. The van der Waals surface area contributed by atoms with Crippen molar-refractivity contribution in [3.8, 4) is 67.7 Å². The molecule has 0 atom stereocenters. The maximum Gasteiger partial charge on any atom is 0.309 e. The molecular weight excluding hydrogens is 627 g/mol. The van der Waals surface area contributed by atoms with E-state index in [4.69, 9.17) is 24.6 Å². The number of benzene rings is 5. The fraction of sp³-hybridized carbons (Fsp3) is 0.136. The molecule has 0 aliphatic carbocycles. The van der Waals surface area contributed by atoms with Gasteiger partial charge in [0, 0.05) is 28.5 Å². The van der Waals surface area contributed by atoms with E-state index in [1.807, 2.05) is 117 Å². The summed E-state index contributed by atoms with van der Waals surface area (Å²) in [6.07, 6.45) is 1.82. The molecule has 5 aromatic carbocycles. The molecule has 0 aliphatic heterocycles. The van der Waals surface area contributed by atoms with Gasteiger partial charge in [0.2, 0.25) is 0 Å². The standard InChI is InChI=1S/C44H39BN4O2/c1-43(2,50)44(3,4)51-45-38-24-21-32(22-25-38)39-26-23-37(29-46-39)42-48-40(35-19-11-17-33(27-35)30-13-7-5-8-14-30)47-41(49-42)36-20-12-18-34(28-36)31-15-9-6-10-16-31/h5-29,45,50H,1-4H3. The molecule has 0 fully saturated rings. The van der Waals surface area contributed by atoms with Crippen molar-refractivity contribution in [2.24, 2.45) is 0 Å². The van der Waals surface area contributed by atoms with Crippen LogP contribution in [0.3, 0.4) is 0 Å². The summed E-state index contributed by atoms with van der Waals surface area (Å²) in [5.74, 6) is 1.73. The lowest BCUT2D eigenvalue weighted by molar-refractivity contribution is -0.0893. The lowest BCUT2D eigenvalue weighted by Crippen LogP contribution is -2.49. The predicted molar refractivity (Wildman–Crippen MR) is 208 cm³/mol. The molecular formula is C44H39BN4O2. The summed E-state index contributed by atoms with van der Waals surface area (Å²) in [5, 5.41) is 10.4. The van der Waals surface area contributed by atoms with Crippen LogP contribution in [-0.2, 0) is 4.65 Å². The van der Waals surface area contributed by atoms with E-state index in [1.165, 1.54) is 0 Å². The van der Waals surface area contributed by atoms with Crippen molar-refractivity contribution in [1.82, 2.24) is 19.9 Å². The van der Waals surface area contributed by atoms with Gasteiger partial charge >= 0.3 is 7.48 Å². The lowest BCUT2D eigenvalue weighted by Gasteiger charge is -2.37. The zero-order valence-electron chi connectivity index (χ0n) is 29.3. The average molecular weight is 667 g/mol. The van der Waals surface area contributed by atoms with E-state index < -0.39 is 11.2 Å². The molecule has 6 nitrogen and oxygen atoms in total. The number of rotatable bonds is 10. The number of nitrogens with zero attached hydrogens (tertiary/aromatic N) is 4. The van der Waals surface area contributed by atoms with Crippen LogP contribution in [0, 0.1) is 0 Å². The fourth-order valence-electron chi connectivity index (χ4n) is 5.61. The van der Waals surface area contributed by atoms with Gasteiger partial charge in [-0.3, -0.25) is 4.98 Å². The van der Waals surface area contributed by atoms with Gasteiger partial charge in [0.05, 0.1) is 16.9 Å². The Bertz CT molecular complexity index is 2150. The van der Waals surface area contributed by atoms with Crippen LogP contribution >= 0.6 is 0 Å². The maximum absolute atomic E-state index is 10.4. The molecule has 0 spiro atoms. The SMILES string of the molecule is CC(C)(O)C(C)(C)OBc1ccc(-c2ccc(-c3nc(-c4cccc(-c5ccccc5)c4)nc(-c4cccc(-c5ccccc5)c4)n3)cn2)cc1. The summed E-state index contributed by atoms with van der Waals surface area (Å²) in [5.41, 5.74) is 8.23. The summed E-state index contributed by atoms with van der Waals surface area (Å²) >= 11 is 0. The molecule has 250 valence electrons. The van der Waals surface area contributed by atoms with Crippen molar-refractivity contribution < 1.29 is 9.76 Å². The Balaban J connectivity index is 1.22. The second kappa shape index (κ2) is 14.2. The van der Waals surface area contributed by atoms with E-state index in [0.29, 0.717) is 25.0 Å². The molecule has 2 heterocycles. The van der Waals surface area contributed by atoms with Crippen LogP contribution in [0.1, 0.15) is 27.7 Å². The van der Waals surface area contributed by atoms with Gasteiger partial charge in [-0.25, -0.2) is 15.0 Å². The molecule has 7 aromatic rings. The van der Waals surface area contributed by atoms with Crippen molar-refractivity contribution in [3.05, 3.63) is 152 Å². The highest BCUT2D eigenvalue weighted by molar-refractivity contribution is 6.47. The molecule has 0 saturated carbocycles.